The summed E-state index contributed by atoms with van der Waals surface area (Å²) in [5, 5.41) is 0.554. The van der Waals surface area contributed by atoms with Gasteiger partial charge in [0, 0.05) is 16.8 Å². The maximum Gasteiger partial charge on any atom is 0.211 e. The van der Waals surface area contributed by atoms with Crippen molar-refractivity contribution < 1.29 is 4.79 Å². The molecule has 0 aliphatic heterocycles. The minimum atomic E-state index is -0.105. The molecule has 0 atom stereocenters. The second-order valence-electron chi connectivity index (χ2n) is 3.56. The second-order valence-corrected chi connectivity index (χ2v) is 3.99. The van der Waals surface area contributed by atoms with Crippen LogP contribution >= 0.6 is 11.6 Å². The van der Waals surface area contributed by atoms with Crippen LogP contribution < -0.4 is 0 Å². The summed E-state index contributed by atoms with van der Waals surface area (Å²) < 4.78 is 0. The van der Waals surface area contributed by atoms with Gasteiger partial charge in [0.05, 0.1) is 0 Å². The van der Waals surface area contributed by atoms with Crippen molar-refractivity contribution in [3.63, 3.8) is 0 Å². The number of carbonyl (C=O) groups excluding carboxylic acids is 1. The molecule has 1 aromatic carbocycles. The molecule has 1 heterocycles. The first kappa shape index (κ1) is 10.8. The van der Waals surface area contributed by atoms with Crippen LogP contribution in [-0.2, 0) is 0 Å². The van der Waals surface area contributed by atoms with Crippen molar-refractivity contribution in [2.24, 2.45) is 0 Å². The molecule has 0 fully saturated rings. The van der Waals surface area contributed by atoms with Gasteiger partial charge in [-0.3, -0.25) is 9.78 Å². The lowest BCUT2D eigenvalue weighted by molar-refractivity contribution is 0.103. The van der Waals surface area contributed by atoms with Gasteiger partial charge in [0.2, 0.25) is 5.78 Å². The first-order valence-corrected chi connectivity index (χ1v) is 5.27. The van der Waals surface area contributed by atoms with Gasteiger partial charge in [-0.25, -0.2) is 0 Å². The first-order chi connectivity index (χ1) is 7.66. The van der Waals surface area contributed by atoms with Crippen molar-refractivity contribution in [3.8, 4) is 0 Å². The van der Waals surface area contributed by atoms with E-state index in [2.05, 4.69) is 4.98 Å². The molecule has 2 aromatic rings. The highest BCUT2D eigenvalue weighted by molar-refractivity contribution is 6.31. The number of nitrogens with zero attached hydrogens (tertiary/aromatic N) is 1. The molecule has 0 N–H and O–H groups in total. The maximum absolute atomic E-state index is 12.0. The molecule has 2 rings (SSSR count). The fraction of sp³-hybridized carbons (Fsp3) is 0.0769. The summed E-state index contributed by atoms with van der Waals surface area (Å²) in [6.07, 6.45) is 1.63. The number of hydrogen-bond donors (Lipinski definition) is 0. The molecule has 0 saturated carbocycles. The van der Waals surface area contributed by atoms with Gasteiger partial charge in [0.1, 0.15) is 5.69 Å². The highest BCUT2D eigenvalue weighted by atomic mass is 35.5. The van der Waals surface area contributed by atoms with Crippen molar-refractivity contribution in [1.82, 2.24) is 4.98 Å². The quantitative estimate of drug-likeness (QED) is 0.743. The van der Waals surface area contributed by atoms with Gasteiger partial charge >= 0.3 is 0 Å². The Labute approximate surface area is 98.9 Å². The minimum absolute atomic E-state index is 0.105. The SMILES string of the molecule is Cc1ccnc(C(=O)c2cccc(Cl)c2)c1. The van der Waals surface area contributed by atoms with Gasteiger partial charge in [0.25, 0.3) is 0 Å². The standard InChI is InChI=1S/C13H10ClNO/c1-9-5-6-15-12(7-9)13(16)10-3-2-4-11(14)8-10/h2-8H,1H3. The number of rotatable bonds is 2. The molecule has 0 aliphatic rings. The molecule has 0 aliphatic carbocycles. The average molecular weight is 232 g/mol. The summed E-state index contributed by atoms with van der Waals surface area (Å²) >= 11 is 5.84. The molecule has 0 spiro atoms. The van der Waals surface area contributed by atoms with Crippen LogP contribution in [0, 0.1) is 6.92 Å². The Morgan fingerprint density at radius 1 is 1.25 bits per heavy atom. The normalized spacial score (nSPS) is 10.1. The van der Waals surface area contributed by atoms with E-state index in [1.54, 1.807) is 36.5 Å². The Kier molecular flexibility index (Phi) is 3.02. The number of hydrogen-bond acceptors (Lipinski definition) is 2. The number of carbonyl (C=O) groups is 1. The van der Waals surface area contributed by atoms with E-state index in [1.165, 1.54) is 0 Å². The van der Waals surface area contributed by atoms with E-state index in [-0.39, 0.29) is 5.78 Å². The molecule has 2 nitrogen and oxygen atoms in total. The van der Waals surface area contributed by atoms with Crippen molar-refractivity contribution >= 4 is 17.4 Å². The van der Waals surface area contributed by atoms with Crippen LogP contribution in [0.5, 0.6) is 0 Å². The monoisotopic (exact) mass is 231 g/mol. The largest absolute Gasteiger partial charge is 0.287 e. The summed E-state index contributed by atoms with van der Waals surface area (Å²) in [6, 6.07) is 10.5. The molecule has 0 bridgehead atoms. The predicted octanol–water partition coefficient (Wildman–Crippen LogP) is 3.27. The van der Waals surface area contributed by atoms with Crippen LogP contribution in [0.4, 0.5) is 0 Å². The summed E-state index contributed by atoms with van der Waals surface area (Å²) in [6.45, 7) is 1.93. The molecular weight excluding hydrogens is 222 g/mol. The van der Waals surface area contributed by atoms with Gasteiger partial charge in [-0.1, -0.05) is 23.7 Å². The fourth-order valence-corrected chi connectivity index (χ4v) is 1.63. The highest BCUT2D eigenvalue weighted by Gasteiger charge is 2.10. The lowest BCUT2D eigenvalue weighted by Gasteiger charge is -2.01. The number of aromatic nitrogens is 1. The summed E-state index contributed by atoms with van der Waals surface area (Å²) in [4.78, 5) is 16.1. The summed E-state index contributed by atoms with van der Waals surface area (Å²) in [5.74, 6) is -0.105. The first-order valence-electron chi connectivity index (χ1n) is 4.90. The third-order valence-corrected chi connectivity index (χ3v) is 2.47. The molecule has 0 amide bonds. The van der Waals surface area contributed by atoms with E-state index in [1.807, 2.05) is 13.0 Å². The van der Waals surface area contributed by atoms with Crippen LogP contribution in [0.1, 0.15) is 21.6 Å². The molecule has 1 aromatic heterocycles. The fourth-order valence-electron chi connectivity index (χ4n) is 1.44. The minimum Gasteiger partial charge on any atom is -0.287 e. The van der Waals surface area contributed by atoms with E-state index in [0.29, 0.717) is 16.3 Å². The predicted molar refractivity (Wildman–Crippen MR) is 63.9 cm³/mol. The third kappa shape index (κ3) is 2.28. The van der Waals surface area contributed by atoms with E-state index in [9.17, 15) is 4.79 Å². The van der Waals surface area contributed by atoms with Gasteiger partial charge < -0.3 is 0 Å². The van der Waals surface area contributed by atoms with Crippen LogP contribution in [0.15, 0.2) is 42.6 Å². The molecule has 0 unspecified atom stereocenters. The van der Waals surface area contributed by atoms with Gasteiger partial charge in [-0.2, -0.15) is 0 Å². The lowest BCUT2D eigenvalue weighted by Crippen LogP contribution is -2.03. The molecule has 80 valence electrons. The number of halogens is 1. The average Bonchev–Trinajstić information content (AvgIpc) is 2.28. The number of aryl methyl sites for hydroxylation is 1. The Morgan fingerprint density at radius 2 is 2.06 bits per heavy atom. The van der Waals surface area contributed by atoms with E-state index >= 15 is 0 Å². The van der Waals surface area contributed by atoms with E-state index in [0.717, 1.165) is 5.56 Å². The van der Waals surface area contributed by atoms with Crippen molar-refractivity contribution in [3.05, 3.63) is 64.4 Å². The Hall–Kier alpha value is -1.67. The number of ketones is 1. The zero-order valence-electron chi connectivity index (χ0n) is 8.77. The molecule has 0 radical (unpaired) electrons. The highest BCUT2D eigenvalue weighted by Crippen LogP contribution is 2.14. The maximum atomic E-state index is 12.0. The van der Waals surface area contributed by atoms with Crippen molar-refractivity contribution in [2.45, 2.75) is 6.92 Å². The van der Waals surface area contributed by atoms with Crippen LogP contribution in [0.25, 0.3) is 0 Å². The van der Waals surface area contributed by atoms with E-state index in [4.69, 9.17) is 11.6 Å². The third-order valence-electron chi connectivity index (χ3n) is 2.23. The summed E-state index contributed by atoms with van der Waals surface area (Å²) in [5.41, 5.74) is 2.02. The molecule has 0 saturated heterocycles. The van der Waals surface area contributed by atoms with Gasteiger partial charge in [-0.05, 0) is 36.8 Å². The Morgan fingerprint density at radius 3 is 2.75 bits per heavy atom. The number of benzene rings is 1. The lowest BCUT2D eigenvalue weighted by atomic mass is 10.1. The zero-order chi connectivity index (χ0) is 11.5. The van der Waals surface area contributed by atoms with Crippen molar-refractivity contribution in [2.75, 3.05) is 0 Å². The topological polar surface area (TPSA) is 30.0 Å². The van der Waals surface area contributed by atoms with Gasteiger partial charge in [-0.15, -0.1) is 0 Å². The zero-order valence-corrected chi connectivity index (χ0v) is 9.53. The summed E-state index contributed by atoms with van der Waals surface area (Å²) in [7, 11) is 0. The van der Waals surface area contributed by atoms with Crippen molar-refractivity contribution in [1.29, 1.82) is 0 Å². The van der Waals surface area contributed by atoms with Crippen LogP contribution in [0.3, 0.4) is 0 Å². The molecule has 3 heteroatoms. The van der Waals surface area contributed by atoms with Gasteiger partial charge in [0.15, 0.2) is 0 Å². The van der Waals surface area contributed by atoms with Crippen LogP contribution in [0.2, 0.25) is 5.02 Å². The van der Waals surface area contributed by atoms with Crippen LogP contribution in [-0.4, -0.2) is 10.8 Å². The number of pyridine rings is 1. The smallest absolute Gasteiger partial charge is 0.211 e. The molecule has 16 heavy (non-hydrogen) atoms. The Bertz CT molecular complexity index is 489. The molecular formula is C13H10ClNO. The van der Waals surface area contributed by atoms with E-state index < -0.39 is 0 Å². The Balaban J connectivity index is 2.39. The second kappa shape index (κ2) is 4.45.